The molecule has 8 nitrogen and oxygen atoms in total. The highest BCUT2D eigenvalue weighted by Crippen LogP contribution is 2.22. The average molecular weight is 428 g/mol. The van der Waals surface area contributed by atoms with Gasteiger partial charge in [0.2, 0.25) is 5.95 Å². The first kappa shape index (κ1) is 20.0. The Bertz CT molecular complexity index is 1220. The number of imidazole rings is 1. The molecule has 1 saturated heterocycles. The van der Waals surface area contributed by atoms with Gasteiger partial charge < -0.3 is 15.1 Å². The highest BCUT2D eigenvalue weighted by molar-refractivity contribution is 5.89. The molecule has 2 aromatic heterocycles. The molecule has 2 amide bonds. The van der Waals surface area contributed by atoms with Gasteiger partial charge in [-0.25, -0.2) is 14.8 Å². The second kappa shape index (κ2) is 8.66. The van der Waals surface area contributed by atoms with E-state index in [2.05, 4.69) is 20.2 Å². The summed E-state index contributed by atoms with van der Waals surface area (Å²) in [4.78, 5) is 30.5. The van der Waals surface area contributed by atoms with Crippen LogP contribution in [0.15, 0.2) is 73.2 Å². The molecule has 3 heterocycles. The number of amides is 2. The van der Waals surface area contributed by atoms with Gasteiger partial charge in [0.05, 0.1) is 11.0 Å². The van der Waals surface area contributed by atoms with Crippen LogP contribution in [0.2, 0.25) is 0 Å². The molecular weight excluding hydrogens is 402 g/mol. The van der Waals surface area contributed by atoms with Crippen molar-refractivity contribution in [2.45, 2.75) is 18.9 Å². The van der Waals surface area contributed by atoms with Crippen LogP contribution in [-0.4, -0.2) is 56.6 Å². The van der Waals surface area contributed by atoms with E-state index in [1.807, 2.05) is 77.2 Å². The number of fused-ring (bicyclic) bond motifs is 1. The molecule has 32 heavy (non-hydrogen) atoms. The fourth-order valence-electron chi connectivity index (χ4n) is 4.13. The Balaban J connectivity index is 1.32. The molecular formula is C24H25N7O. The Hall–Kier alpha value is -3.94. The third-order valence-electron chi connectivity index (χ3n) is 5.90. The van der Waals surface area contributed by atoms with Crippen molar-refractivity contribution < 1.29 is 4.79 Å². The molecule has 0 radical (unpaired) electrons. The second-order valence-corrected chi connectivity index (χ2v) is 7.97. The summed E-state index contributed by atoms with van der Waals surface area (Å²) in [5.41, 5.74) is 2.73. The number of piperidine rings is 1. The van der Waals surface area contributed by atoms with Gasteiger partial charge >= 0.3 is 6.03 Å². The van der Waals surface area contributed by atoms with Crippen LogP contribution in [0, 0.1) is 0 Å². The molecule has 2 aromatic carbocycles. The maximum Gasteiger partial charge on any atom is 0.321 e. The number of aromatic nitrogens is 4. The number of rotatable bonds is 4. The van der Waals surface area contributed by atoms with E-state index < -0.39 is 0 Å². The molecule has 0 spiro atoms. The van der Waals surface area contributed by atoms with Crippen molar-refractivity contribution in [2.75, 3.05) is 30.4 Å². The number of urea groups is 1. The number of hydrogen-bond acceptors (Lipinski definition) is 5. The van der Waals surface area contributed by atoms with Crippen molar-refractivity contribution in [1.29, 1.82) is 0 Å². The maximum absolute atomic E-state index is 12.8. The van der Waals surface area contributed by atoms with E-state index in [-0.39, 0.29) is 12.1 Å². The van der Waals surface area contributed by atoms with Gasteiger partial charge in [-0.3, -0.25) is 4.57 Å². The summed E-state index contributed by atoms with van der Waals surface area (Å²) in [5.74, 6) is 1.40. The van der Waals surface area contributed by atoms with Crippen molar-refractivity contribution >= 4 is 28.7 Å². The second-order valence-electron chi connectivity index (χ2n) is 7.97. The van der Waals surface area contributed by atoms with Crippen molar-refractivity contribution in [3.8, 4) is 5.82 Å². The normalized spacial score (nSPS) is 16.2. The number of para-hydroxylation sites is 3. The molecule has 4 aromatic rings. The summed E-state index contributed by atoms with van der Waals surface area (Å²) in [5, 5.41) is 2.98. The lowest BCUT2D eigenvalue weighted by Crippen LogP contribution is -2.50. The topological polar surface area (TPSA) is 79.2 Å². The summed E-state index contributed by atoms with van der Waals surface area (Å²) in [6, 6.07) is 19.5. The van der Waals surface area contributed by atoms with Gasteiger partial charge in [0.15, 0.2) is 0 Å². The maximum atomic E-state index is 12.8. The SMILES string of the molecule is CN(c1nccc(-n2cnc3ccccc32)n1)C1CCCN(C(=O)Nc2ccccc2)C1. The van der Waals surface area contributed by atoms with Crippen LogP contribution < -0.4 is 10.2 Å². The van der Waals surface area contributed by atoms with E-state index in [1.54, 1.807) is 12.5 Å². The summed E-state index contributed by atoms with van der Waals surface area (Å²) < 4.78 is 1.97. The van der Waals surface area contributed by atoms with Crippen molar-refractivity contribution in [2.24, 2.45) is 0 Å². The number of nitrogens with zero attached hydrogens (tertiary/aromatic N) is 6. The largest absolute Gasteiger partial charge is 0.339 e. The molecule has 0 aliphatic carbocycles. The number of carbonyl (C=O) groups excluding carboxylic acids is 1. The zero-order valence-electron chi connectivity index (χ0n) is 17.9. The molecule has 1 fully saturated rings. The quantitative estimate of drug-likeness (QED) is 0.534. The molecule has 1 atom stereocenters. The number of carbonyl (C=O) groups is 1. The minimum absolute atomic E-state index is 0.0751. The summed E-state index contributed by atoms with van der Waals surface area (Å²) in [7, 11) is 1.99. The highest BCUT2D eigenvalue weighted by atomic mass is 16.2. The minimum atomic E-state index is -0.0751. The molecule has 5 rings (SSSR count). The van der Waals surface area contributed by atoms with Crippen LogP contribution in [0.25, 0.3) is 16.9 Å². The van der Waals surface area contributed by atoms with Crippen molar-refractivity contribution in [3.05, 3.63) is 73.2 Å². The Morgan fingerprint density at radius 3 is 2.75 bits per heavy atom. The van der Waals surface area contributed by atoms with E-state index >= 15 is 0 Å². The van der Waals surface area contributed by atoms with Crippen LogP contribution in [-0.2, 0) is 0 Å². The van der Waals surface area contributed by atoms with Crippen LogP contribution in [0.3, 0.4) is 0 Å². The first-order valence-electron chi connectivity index (χ1n) is 10.8. The van der Waals surface area contributed by atoms with Gasteiger partial charge in [0.25, 0.3) is 0 Å². The van der Waals surface area contributed by atoms with E-state index in [4.69, 9.17) is 4.98 Å². The molecule has 1 aliphatic rings. The van der Waals surface area contributed by atoms with Crippen LogP contribution in [0.4, 0.5) is 16.4 Å². The lowest BCUT2D eigenvalue weighted by Gasteiger charge is -2.37. The third-order valence-corrected chi connectivity index (χ3v) is 5.90. The predicted molar refractivity (Wildman–Crippen MR) is 125 cm³/mol. The van der Waals surface area contributed by atoms with Gasteiger partial charge in [-0.05, 0) is 43.2 Å². The van der Waals surface area contributed by atoms with Gasteiger partial charge in [-0.2, -0.15) is 4.98 Å². The van der Waals surface area contributed by atoms with Crippen LogP contribution in [0.5, 0.6) is 0 Å². The highest BCUT2D eigenvalue weighted by Gasteiger charge is 2.27. The third kappa shape index (κ3) is 3.99. The van der Waals surface area contributed by atoms with Gasteiger partial charge in [0, 0.05) is 38.1 Å². The lowest BCUT2D eigenvalue weighted by atomic mass is 10.1. The monoisotopic (exact) mass is 427 g/mol. The zero-order valence-corrected chi connectivity index (χ0v) is 17.9. The number of likely N-dealkylation sites (N-methyl/N-ethyl adjacent to an activating group) is 1. The summed E-state index contributed by atoms with van der Waals surface area (Å²) >= 11 is 0. The van der Waals surface area contributed by atoms with Gasteiger partial charge in [-0.15, -0.1) is 0 Å². The van der Waals surface area contributed by atoms with E-state index in [0.29, 0.717) is 12.5 Å². The van der Waals surface area contributed by atoms with Crippen molar-refractivity contribution in [1.82, 2.24) is 24.4 Å². The number of hydrogen-bond donors (Lipinski definition) is 1. The molecule has 1 unspecified atom stereocenters. The minimum Gasteiger partial charge on any atom is -0.339 e. The molecule has 1 aliphatic heterocycles. The zero-order chi connectivity index (χ0) is 21.9. The predicted octanol–water partition coefficient (Wildman–Crippen LogP) is 3.95. The lowest BCUT2D eigenvalue weighted by molar-refractivity contribution is 0.192. The number of nitrogens with one attached hydrogen (secondary N) is 1. The fourth-order valence-corrected chi connectivity index (χ4v) is 4.13. The number of benzene rings is 2. The Morgan fingerprint density at radius 1 is 1.06 bits per heavy atom. The Morgan fingerprint density at radius 2 is 1.88 bits per heavy atom. The molecule has 8 heteroatoms. The number of likely N-dealkylation sites (tertiary alicyclic amines) is 1. The van der Waals surface area contributed by atoms with E-state index in [0.717, 1.165) is 41.9 Å². The first-order valence-corrected chi connectivity index (χ1v) is 10.8. The van der Waals surface area contributed by atoms with Crippen LogP contribution in [0.1, 0.15) is 12.8 Å². The first-order chi connectivity index (χ1) is 15.7. The number of anilines is 2. The van der Waals surface area contributed by atoms with E-state index in [9.17, 15) is 4.79 Å². The summed E-state index contributed by atoms with van der Waals surface area (Å²) in [6.45, 7) is 1.36. The molecule has 162 valence electrons. The summed E-state index contributed by atoms with van der Waals surface area (Å²) in [6.07, 6.45) is 5.47. The standard InChI is InChI=1S/C24H25N7O/c1-29(19-10-7-15-30(16-19)24(32)27-18-8-3-2-4-9-18)23-25-14-13-22(28-23)31-17-26-20-11-5-6-12-21(20)31/h2-6,8-9,11-14,17,19H,7,10,15-16H2,1H3,(H,27,32). The smallest absolute Gasteiger partial charge is 0.321 e. The Labute approximate surface area is 186 Å². The van der Waals surface area contributed by atoms with E-state index in [1.165, 1.54) is 0 Å². The average Bonchev–Trinajstić information content (AvgIpc) is 3.29. The van der Waals surface area contributed by atoms with Gasteiger partial charge in [0.1, 0.15) is 12.1 Å². The molecule has 0 saturated carbocycles. The Kier molecular flexibility index (Phi) is 5.41. The fraction of sp³-hybridized carbons (Fsp3) is 0.250. The van der Waals surface area contributed by atoms with Crippen LogP contribution >= 0.6 is 0 Å². The molecule has 1 N–H and O–H groups in total. The van der Waals surface area contributed by atoms with Gasteiger partial charge in [-0.1, -0.05) is 30.3 Å². The van der Waals surface area contributed by atoms with Crippen molar-refractivity contribution in [3.63, 3.8) is 0 Å². The molecule has 0 bridgehead atoms.